The van der Waals surface area contributed by atoms with Crippen molar-refractivity contribution >= 4 is 23.6 Å². The Morgan fingerprint density at radius 3 is 2.64 bits per heavy atom. The third-order valence-electron chi connectivity index (χ3n) is 3.76. The van der Waals surface area contributed by atoms with Gasteiger partial charge in [-0.15, -0.1) is 0 Å². The summed E-state index contributed by atoms with van der Waals surface area (Å²) in [7, 11) is 1.26. The van der Waals surface area contributed by atoms with E-state index in [1.807, 2.05) is 6.92 Å². The zero-order valence-corrected chi connectivity index (χ0v) is 14.4. The Bertz CT molecular complexity index is 617. The summed E-state index contributed by atoms with van der Waals surface area (Å²) in [5.74, 6) is -0.770. The van der Waals surface area contributed by atoms with E-state index in [9.17, 15) is 14.4 Å². The number of benzene rings is 1. The molecule has 1 saturated heterocycles. The molecule has 1 aromatic carbocycles. The standard InChI is InChI=1S/C17H23N3O5/c1-12-11-20(7-8-25-12)17(23)19-14-5-3-13(4-6-14)9-15(21)18-10-16(22)24-2/h3-6,12H,7-11H2,1-2H3,(H,18,21)(H,19,23). The van der Waals surface area contributed by atoms with Gasteiger partial charge in [-0.05, 0) is 24.6 Å². The maximum absolute atomic E-state index is 12.2. The third kappa shape index (κ3) is 6.07. The molecule has 0 aromatic heterocycles. The van der Waals surface area contributed by atoms with Crippen LogP contribution in [0.2, 0.25) is 0 Å². The SMILES string of the molecule is COC(=O)CNC(=O)Cc1ccc(NC(=O)N2CCOC(C)C2)cc1. The van der Waals surface area contributed by atoms with E-state index in [0.717, 1.165) is 5.56 Å². The molecular formula is C17H23N3O5. The number of carbonyl (C=O) groups excluding carboxylic acids is 3. The second kappa shape index (κ2) is 9.03. The Hall–Kier alpha value is -2.61. The largest absolute Gasteiger partial charge is 0.468 e. The van der Waals surface area contributed by atoms with Crippen LogP contribution in [-0.2, 0) is 25.5 Å². The maximum atomic E-state index is 12.2. The van der Waals surface area contributed by atoms with Crippen LogP contribution in [0.15, 0.2) is 24.3 Å². The minimum absolute atomic E-state index is 0.0328. The molecular weight excluding hydrogens is 326 g/mol. The molecule has 2 N–H and O–H groups in total. The van der Waals surface area contributed by atoms with Crippen molar-refractivity contribution in [3.63, 3.8) is 0 Å². The highest BCUT2D eigenvalue weighted by Gasteiger charge is 2.21. The van der Waals surface area contributed by atoms with Gasteiger partial charge in [0.2, 0.25) is 5.91 Å². The van der Waals surface area contributed by atoms with Gasteiger partial charge in [-0.2, -0.15) is 0 Å². The summed E-state index contributed by atoms with van der Waals surface area (Å²) in [5.41, 5.74) is 1.43. The monoisotopic (exact) mass is 349 g/mol. The number of rotatable bonds is 5. The molecule has 2 rings (SSSR count). The lowest BCUT2D eigenvalue weighted by atomic mass is 10.1. The molecule has 136 valence electrons. The molecule has 0 bridgehead atoms. The smallest absolute Gasteiger partial charge is 0.325 e. The second-order valence-electron chi connectivity index (χ2n) is 5.78. The van der Waals surface area contributed by atoms with Crippen LogP contribution in [0.25, 0.3) is 0 Å². The number of methoxy groups -OCH3 is 1. The second-order valence-corrected chi connectivity index (χ2v) is 5.78. The summed E-state index contributed by atoms with van der Waals surface area (Å²) in [6.45, 7) is 3.44. The molecule has 1 aliphatic heterocycles. The minimum atomic E-state index is -0.496. The number of nitrogens with zero attached hydrogens (tertiary/aromatic N) is 1. The Morgan fingerprint density at radius 1 is 1.28 bits per heavy atom. The van der Waals surface area contributed by atoms with Crippen molar-refractivity contribution in [3.8, 4) is 0 Å². The zero-order chi connectivity index (χ0) is 18.2. The van der Waals surface area contributed by atoms with Crippen molar-refractivity contribution in [1.29, 1.82) is 0 Å². The van der Waals surface area contributed by atoms with Gasteiger partial charge in [-0.1, -0.05) is 12.1 Å². The van der Waals surface area contributed by atoms with Gasteiger partial charge in [0, 0.05) is 18.8 Å². The molecule has 1 aliphatic rings. The lowest BCUT2D eigenvalue weighted by Crippen LogP contribution is -2.46. The van der Waals surface area contributed by atoms with E-state index in [4.69, 9.17) is 4.74 Å². The first-order valence-electron chi connectivity index (χ1n) is 8.08. The molecule has 1 fully saturated rings. The van der Waals surface area contributed by atoms with Crippen molar-refractivity contribution in [1.82, 2.24) is 10.2 Å². The molecule has 3 amide bonds. The van der Waals surface area contributed by atoms with Crippen LogP contribution in [0.4, 0.5) is 10.5 Å². The summed E-state index contributed by atoms with van der Waals surface area (Å²) >= 11 is 0. The average molecular weight is 349 g/mol. The van der Waals surface area contributed by atoms with E-state index in [1.165, 1.54) is 7.11 Å². The van der Waals surface area contributed by atoms with Crippen molar-refractivity contribution in [3.05, 3.63) is 29.8 Å². The predicted octanol–water partition coefficient (Wildman–Crippen LogP) is 0.771. The molecule has 0 spiro atoms. The molecule has 25 heavy (non-hydrogen) atoms. The fourth-order valence-electron chi connectivity index (χ4n) is 2.40. The third-order valence-corrected chi connectivity index (χ3v) is 3.76. The highest BCUT2D eigenvalue weighted by atomic mass is 16.5. The van der Waals surface area contributed by atoms with Crippen molar-refractivity contribution in [2.24, 2.45) is 0 Å². The lowest BCUT2D eigenvalue weighted by molar-refractivity contribution is -0.141. The van der Waals surface area contributed by atoms with Crippen LogP contribution in [0.5, 0.6) is 0 Å². The Labute approximate surface area is 146 Å². The van der Waals surface area contributed by atoms with Gasteiger partial charge >= 0.3 is 12.0 Å². The topological polar surface area (TPSA) is 97.0 Å². The first-order valence-corrected chi connectivity index (χ1v) is 8.08. The Kier molecular flexibility index (Phi) is 6.76. The quantitative estimate of drug-likeness (QED) is 0.766. The number of amides is 3. The predicted molar refractivity (Wildman–Crippen MR) is 91.2 cm³/mol. The van der Waals surface area contributed by atoms with Crippen LogP contribution in [0, 0.1) is 0 Å². The summed E-state index contributed by atoms with van der Waals surface area (Å²) in [6, 6.07) is 6.83. The molecule has 1 atom stereocenters. The summed E-state index contributed by atoms with van der Waals surface area (Å²) < 4.78 is 9.87. The number of carbonyl (C=O) groups is 3. The first kappa shape index (κ1) is 18.7. The van der Waals surface area contributed by atoms with E-state index < -0.39 is 5.97 Å². The molecule has 1 heterocycles. The van der Waals surface area contributed by atoms with Gasteiger partial charge in [0.05, 0.1) is 26.2 Å². The van der Waals surface area contributed by atoms with Gasteiger partial charge in [0.15, 0.2) is 0 Å². The Balaban J connectivity index is 1.82. The zero-order valence-electron chi connectivity index (χ0n) is 14.4. The van der Waals surface area contributed by atoms with Crippen LogP contribution >= 0.6 is 0 Å². The highest BCUT2D eigenvalue weighted by Crippen LogP contribution is 2.12. The van der Waals surface area contributed by atoms with Crippen LogP contribution in [0.1, 0.15) is 12.5 Å². The van der Waals surface area contributed by atoms with Gasteiger partial charge in [-0.25, -0.2) is 4.79 Å². The van der Waals surface area contributed by atoms with Crippen LogP contribution in [0.3, 0.4) is 0 Å². The molecule has 0 aliphatic carbocycles. The Morgan fingerprint density at radius 2 is 2.00 bits per heavy atom. The van der Waals surface area contributed by atoms with Gasteiger partial charge in [-0.3, -0.25) is 9.59 Å². The van der Waals surface area contributed by atoms with Gasteiger partial charge < -0.3 is 25.0 Å². The fraction of sp³-hybridized carbons (Fsp3) is 0.471. The number of hydrogen-bond acceptors (Lipinski definition) is 5. The molecule has 0 radical (unpaired) electrons. The average Bonchev–Trinajstić information content (AvgIpc) is 2.61. The van der Waals surface area contributed by atoms with Crippen molar-refractivity contribution in [2.75, 3.05) is 38.7 Å². The number of nitrogens with one attached hydrogen (secondary N) is 2. The molecule has 1 unspecified atom stereocenters. The molecule has 0 saturated carbocycles. The first-order chi connectivity index (χ1) is 12.0. The number of hydrogen-bond donors (Lipinski definition) is 2. The number of urea groups is 1. The maximum Gasteiger partial charge on any atom is 0.325 e. The number of ether oxygens (including phenoxy) is 2. The van der Waals surface area contributed by atoms with Crippen molar-refractivity contribution < 1.29 is 23.9 Å². The van der Waals surface area contributed by atoms with Gasteiger partial charge in [0.1, 0.15) is 6.54 Å². The van der Waals surface area contributed by atoms with E-state index >= 15 is 0 Å². The molecule has 8 nitrogen and oxygen atoms in total. The normalized spacial score (nSPS) is 16.9. The van der Waals surface area contributed by atoms with Crippen LogP contribution < -0.4 is 10.6 Å². The summed E-state index contributed by atoms with van der Waals surface area (Å²) in [6.07, 6.45) is 0.178. The molecule has 8 heteroatoms. The minimum Gasteiger partial charge on any atom is -0.468 e. The van der Waals surface area contributed by atoms with Crippen LogP contribution in [-0.4, -0.2) is 62.3 Å². The lowest BCUT2D eigenvalue weighted by Gasteiger charge is -2.31. The summed E-state index contributed by atoms with van der Waals surface area (Å²) in [4.78, 5) is 36.6. The van der Waals surface area contributed by atoms with E-state index in [-0.39, 0.29) is 31.0 Å². The number of anilines is 1. The fourth-order valence-corrected chi connectivity index (χ4v) is 2.40. The van der Waals surface area contributed by atoms with E-state index in [1.54, 1.807) is 29.2 Å². The van der Waals surface area contributed by atoms with Crippen molar-refractivity contribution in [2.45, 2.75) is 19.4 Å². The van der Waals surface area contributed by atoms with E-state index in [0.29, 0.717) is 25.4 Å². The van der Waals surface area contributed by atoms with E-state index in [2.05, 4.69) is 15.4 Å². The summed E-state index contributed by atoms with van der Waals surface area (Å²) in [5, 5.41) is 5.30. The highest BCUT2D eigenvalue weighted by molar-refractivity contribution is 5.89. The molecule has 1 aromatic rings. The van der Waals surface area contributed by atoms with Gasteiger partial charge in [0.25, 0.3) is 0 Å². The number of morpholine rings is 1. The number of esters is 1.